The van der Waals surface area contributed by atoms with E-state index >= 15 is 8.78 Å². The van der Waals surface area contributed by atoms with Gasteiger partial charge in [-0.1, -0.05) is 32.4 Å². The van der Waals surface area contributed by atoms with Crippen molar-refractivity contribution in [3.63, 3.8) is 0 Å². The van der Waals surface area contributed by atoms with E-state index in [4.69, 9.17) is 11.5 Å². The molecule has 2 unspecified atom stereocenters. The quantitative estimate of drug-likeness (QED) is 0.234. The second-order valence-corrected chi connectivity index (χ2v) is 15.9. The SMILES string of the molecule is C=C(N)CCC1=C(C)N2C(=C)C(NC(=C)Cc3cccs3)C2SC1.C=C1C(C)=CN(C2CC2)c2c(F)c(N3CCN(C)CC3)c(F)c(N)c21. The summed E-state index contributed by atoms with van der Waals surface area (Å²) in [4.78, 5) is 9.56. The van der Waals surface area contributed by atoms with Crippen molar-refractivity contribution in [2.75, 3.05) is 54.5 Å². The number of nitrogens with one attached hydrogen (secondary N) is 1. The van der Waals surface area contributed by atoms with Gasteiger partial charge < -0.3 is 36.4 Å². The van der Waals surface area contributed by atoms with Crippen LogP contribution < -0.4 is 26.6 Å². The van der Waals surface area contributed by atoms with Crippen LogP contribution in [0, 0.1) is 11.6 Å². The Bertz CT molecular complexity index is 1720. The number of piperazine rings is 1. The van der Waals surface area contributed by atoms with Gasteiger partial charge in [0.05, 0.1) is 17.4 Å². The Morgan fingerprint density at radius 3 is 2.41 bits per heavy atom. The minimum Gasteiger partial charge on any atom is -0.403 e. The van der Waals surface area contributed by atoms with Crippen LogP contribution in [0.5, 0.6) is 0 Å². The van der Waals surface area contributed by atoms with Gasteiger partial charge in [0.2, 0.25) is 0 Å². The van der Waals surface area contributed by atoms with Crippen LogP contribution in [0.2, 0.25) is 0 Å². The maximum atomic E-state index is 15.6. The van der Waals surface area contributed by atoms with Gasteiger partial charge in [0.25, 0.3) is 0 Å². The maximum absolute atomic E-state index is 15.6. The first-order valence-electron chi connectivity index (χ1n) is 17.0. The molecule has 2 aromatic rings. The molecule has 1 aromatic carbocycles. The molecule has 0 bridgehead atoms. The van der Waals surface area contributed by atoms with Crippen LogP contribution in [-0.4, -0.2) is 66.2 Å². The van der Waals surface area contributed by atoms with Crippen molar-refractivity contribution >= 4 is 45.7 Å². The largest absolute Gasteiger partial charge is 0.403 e. The lowest BCUT2D eigenvalue weighted by Gasteiger charge is -2.54. The van der Waals surface area contributed by atoms with Crippen LogP contribution in [-0.2, 0) is 6.42 Å². The molecule has 0 spiro atoms. The van der Waals surface area contributed by atoms with E-state index in [0.29, 0.717) is 35.3 Å². The van der Waals surface area contributed by atoms with Gasteiger partial charge in [-0.3, -0.25) is 0 Å². The molecular formula is C38H49F2N7S2. The lowest BCUT2D eigenvalue weighted by Crippen LogP contribution is -2.62. The Kier molecular flexibility index (Phi) is 10.3. The maximum Gasteiger partial charge on any atom is 0.173 e. The van der Waals surface area contributed by atoms with Crippen molar-refractivity contribution in [3.05, 3.63) is 106 Å². The average molecular weight is 706 g/mol. The first kappa shape index (κ1) is 35.2. The zero-order chi connectivity index (χ0) is 35.1. The number of anilines is 3. The smallest absolute Gasteiger partial charge is 0.173 e. The van der Waals surface area contributed by atoms with Gasteiger partial charge in [0, 0.05) is 83.8 Å². The van der Waals surface area contributed by atoms with Gasteiger partial charge >= 0.3 is 0 Å². The molecular weight excluding hydrogens is 657 g/mol. The van der Waals surface area contributed by atoms with Crippen LogP contribution in [0.25, 0.3) is 5.57 Å². The van der Waals surface area contributed by atoms with Gasteiger partial charge in [-0.05, 0) is 74.7 Å². The minimum atomic E-state index is -0.660. The molecule has 5 N–H and O–H groups in total. The van der Waals surface area contributed by atoms with Crippen LogP contribution >= 0.6 is 23.1 Å². The van der Waals surface area contributed by atoms with Crippen molar-refractivity contribution in [2.45, 2.75) is 63.4 Å². The third kappa shape index (κ3) is 7.03. The molecule has 7 rings (SSSR count). The lowest BCUT2D eigenvalue weighted by atomic mass is 9.92. The van der Waals surface area contributed by atoms with Crippen molar-refractivity contribution in [1.29, 1.82) is 0 Å². The summed E-state index contributed by atoms with van der Waals surface area (Å²) in [6, 6.07) is 4.78. The highest BCUT2D eigenvalue weighted by molar-refractivity contribution is 8.00. The van der Waals surface area contributed by atoms with Crippen LogP contribution in [0.15, 0.2) is 84.0 Å². The minimum absolute atomic E-state index is 0.00780. The number of fused-ring (bicyclic) bond motifs is 2. The monoisotopic (exact) mass is 705 g/mol. The number of nitrogen functional groups attached to an aromatic ring is 1. The van der Waals surface area contributed by atoms with Crippen molar-refractivity contribution < 1.29 is 8.78 Å². The Morgan fingerprint density at radius 2 is 1.78 bits per heavy atom. The summed E-state index contributed by atoms with van der Waals surface area (Å²) in [6.07, 6.45) is 6.69. The number of benzene rings is 1. The molecule has 5 aliphatic rings. The van der Waals surface area contributed by atoms with E-state index in [0.717, 1.165) is 73.6 Å². The van der Waals surface area contributed by atoms with Gasteiger partial charge in [-0.2, -0.15) is 0 Å². The molecule has 0 radical (unpaired) electrons. The lowest BCUT2D eigenvalue weighted by molar-refractivity contribution is 0.223. The molecule has 4 aliphatic heterocycles. The molecule has 2 saturated heterocycles. The molecule has 1 saturated carbocycles. The summed E-state index contributed by atoms with van der Waals surface area (Å²) in [5.41, 5.74) is 20.0. The fraction of sp³-hybridized carbons (Fsp3) is 0.421. The molecule has 5 heterocycles. The number of nitrogens with zero attached hydrogens (tertiary/aromatic N) is 4. The number of rotatable bonds is 9. The van der Waals surface area contributed by atoms with E-state index in [2.05, 4.69) is 65.9 Å². The van der Waals surface area contributed by atoms with Crippen molar-refractivity contribution in [2.24, 2.45) is 5.73 Å². The number of halogens is 2. The first-order chi connectivity index (χ1) is 23.4. The van der Waals surface area contributed by atoms with Crippen LogP contribution in [0.4, 0.5) is 25.8 Å². The Morgan fingerprint density at radius 1 is 1.06 bits per heavy atom. The van der Waals surface area contributed by atoms with Gasteiger partial charge in [0.15, 0.2) is 11.6 Å². The summed E-state index contributed by atoms with van der Waals surface area (Å²) >= 11 is 3.75. The fourth-order valence-electron chi connectivity index (χ4n) is 6.92. The highest BCUT2D eigenvalue weighted by atomic mass is 32.2. The van der Waals surface area contributed by atoms with E-state index in [1.54, 1.807) is 16.2 Å². The highest BCUT2D eigenvalue weighted by Gasteiger charge is 2.46. The van der Waals surface area contributed by atoms with Crippen LogP contribution in [0.1, 0.15) is 50.0 Å². The molecule has 3 fully saturated rings. The fourth-order valence-corrected chi connectivity index (χ4v) is 9.26. The number of thioether (sulfide) groups is 1. The molecule has 262 valence electrons. The summed E-state index contributed by atoms with van der Waals surface area (Å²) in [5.74, 6) is -0.112. The van der Waals surface area contributed by atoms with E-state index in [1.165, 1.54) is 16.1 Å². The van der Waals surface area contributed by atoms with Crippen molar-refractivity contribution in [3.8, 4) is 0 Å². The number of thiophene rings is 1. The van der Waals surface area contributed by atoms with Crippen LogP contribution in [0.3, 0.4) is 0 Å². The topological polar surface area (TPSA) is 77.0 Å². The van der Waals surface area contributed by atoms with E-state index in [-0.39, 0.29) is 23.5 Å². The second-order valence-electron chi connectivity index (χ2n) is 13.7. The Labute approximate surface area is 298 Å². The summed E-state index contributed by atoms with van der Waals surface area (Å²) in [6.45, 7) is 23.1. The Balaban J connectivity index is 0.000000170. The molecule has 1 aliphatic carbocycles. The highest BCUT2D eigenvalue weighted by Crippen LogP contribution is 2.50. The number of hydrogen-bond donors (Lipinski definition) is 3. The van der Waals surface area contributed by atoms with Gasteiger partial charge in [-0.25, -0.2) is 8.78 Å². The molecule has 2 atom stereocenters. The first-order valence-corrected chi connectivity index (χ1v) is 18.9. The predicted octanol–water partition coefficient (Wildman–Crippen LogP) is 7.39. The molecule has 11 heteroatoms. The van der Waals surface area contributed by atoms with Gasteiger partial charge in [-0.15, -0.1) is 23.1 Å². The molecule has 49 heavy (non-hydrogen) atoms. The average Bonchev–Trinajstić information content (AvgIpc) is 3.79. The van der Waals surface area contributed by atoms with E-state index < -0.39 is 11.6 Å². The van der Waals surface area contributed by atoms with Gasteiger partial charge in [0.1, 0.15) is 11.1 Å². The second kappa shape index (κ2) is 14.3. The zero-order valence-electron chi connectivity index (χ0n) is 29.0. The van der Waals surface area contributed by atoms with Crippen molar-refractivity contribution in [1.82, 2.24) is 15.1 Å². The summed E-state index contributed by atoms with van der Waals surface area (Å²) in [7, 11) is 2.01. The number of likely N-dealkylation sites (N-methyl/N-ethyl adjacent to an activating group) is 1. The third-order valence-corrected chi connectivity index (χ3v) is 12.3. The summed E-state index contributed by atoms with van der Waals surface area (Å²) in [5, 5.41) is 6.11. The Hall–Kier alpha value is -3.67. The molecule has 7 nitrogen and oxygen atoms in total. The standard InChI is InChI=1S/C19H24F2N4.C19H25N3S2/c1-11-10-25(13-4-5-13)18-14(12(11)2)17(22)15(20)19(16(18)21)24-8-6-23(3)7-9-24;1-12(20)7-8-16-11-24-19-18(15(4)22(19)14(16)3)21-13(2)10-17-6-5-9-23-17/h10,13H,2,4-9,22H2,1,3H3;5-6,9,18-19,21H,1-2,4,7-8,10-11,20H2,3H3. The number of allylic oxidation sites excluding steroid dienone is 5. The summed E-state index contributed by atoms with van der Waals surface area (Å²) < 4.78 is 30.6. The number of nitrogens with two attached hydrogens (primary N) is 2. The van der Waals surface area contributed by atoms with E-state index in [9.17, 15) is 0 Å². The predicted molar refractivity (Wildman–Crippen MR) is 205 cm³/mol. The third-order valence-electron chi connectivity index (χ3n) is 10.1. The number of hydrogen-bond acceptors (Lipinski definition) is 9. The molecule has 0 amide bonds. The normalized spacial score (nSPS) is 22.1. The molecule has 1 aromatic heterocycles. The van der Waals surface area contributed by atoms with E-state index in [1.807, 2.05) is 36.8 Å². The zero-order valence-corrected chi connectivity index (χ0v) is 30.6.